The number of aromatic nitrogens is 1. The molecular formula is C13H23N3S. The van der Waals surface area contributed by atoms with E-state index in [1.807, 2.05) is 17.5 Å². The van der Waals surface area contributed by atoms with E-state index in [0.29, 0.717) is 6.04 Å². The summed E-state index contributed by atoms with van der Waals surface area (Å²) in [6, 6.07) is 0.670. The molecule has 1 aromatic rings. The second-order valence-corrected chi connectivity index (χ2v) is 6.21. The largest absolute Gasteiger partial charge is 0.313 e. The van der Waals surface area contributed by atoms with Crippen molar-refractivity contribution >= 4 is 11.3 Å². The molecule has 0 bridgehead atoms. The molecule has 0 radical (unpaired) electrons. The number of thiazole rings is 1. The van der Waals surface area contributed by atoms with Crippen molar-refractivity contribution in [2.75, 3.05) is 19.6 Å². The minimum atomic E-state index is 0.670. The molecule has 1 fully saturated rings. The fourth-order valence-electron chi connectivity index (χ4n) is 2.43. The first kappa shape index (κ1) is 13.0. The molecule has 96 valence electrons. The van der Waals surface area contributed by atoms with Gasteiger partial charge < -0.3 is 5.32 Å². The zero-order valence-electron chi connectivity index (χ0n) is 10.9. The fraction of sp³-hybridized carbons (Fsp3) is 0.769. The number of hydrogen-bond acceptors (Lipinski definition) is 4. The van der Waals surface area contributed by atoms with Crippen LogP contribution in [0.3, 0.4) is 0 Å². The van der Waals surface area contributed by atoms with Crippen LogP contribution in [0.5, 0.6) is 0 Å². The first-order valence-electron chi connectivity index (χ1n) is 6.65. The van der Waals surface area contributed by atoms with Crippen molar-refractivity contribution in [2.24, 2.45) is 0 Å². The molecule has 1 atom stereocenters. The van der Waals surface area contributed by atoms with Gasteiger partial charge in [0.25, 0.3) is 0 Å². The Morgan fingerprint density at radius 3 is 3.18 bits per heavy atom. The monoisotopic (exact) mass is 253 g/mol. The Hall–Kier alpha value is -0.450. The number of hydrogen-bond donors (Lipinski definition) is 1. The van der Waals surface area contributed by atoms with Crippen LogP contribution in [-0.2, 0) is 6.54 Å². The van der Waals surface area contributed by atoms with Crippen molar-refractivity contribution in [3.8, 4) is 0 Å². The molecule has 17 heavy (non-hydrogen) atoms. The summed E-state index contributed by atoms with van der Waals surface area (Å²) >= 11 is 1.83. The van der Waals surface area contributed by atoms with Gasteiger partial charge >= 0.3 is 0 Å². The van der Waals surface area contributed by atoms with Gasteiger partial charge in [0.1, 0.15) is 5.01 Å². The lowest BCUT2D eigenvalue weighted by Crippen LogP contribution is -2.37. The van der Waals surface area contributed by atoms with E-state index in [1.54, 1.807) is 0 Å². The van der Waals surface area contributed by atoms with Crippen LogP contribution < -0.4 is 5.32 Å². The molecule has 1 aromatic heterocycles. The normalized spacial score (nSPS) is 22.6. The molecule has 1 saturated heterocycles. The summed E-state index contributed by atoms with van der Waals surface area (Å²) in [6.07, 6.45) is 5.79. The van der Waals surface area contributed by atoms with Crippen LogP contribution in [0.4, 0.5) is 0 Å². The summed E-state index contributed by atoms with van der Waals surface area (Å²) < 4.78 is 0. The maximum atomic E-state index is 4.47. The Labute approximate surface area is 108 Å². The highest BCUT2D eigenvalue weighted by Crippen LogP contribution is 2.15. The maximum absolute atomic E-state index is 4.47. The fourth-order valence-corrected chi connectivity index (χ4v) is 3.26. The third-order valence-corrected chi connectivity index (χ3v) is 4.13. The standard InChI is InChI=1S/C13H23N3S/c1-3-5-12-9-16(7-4-6-14-12)10-13-15-8-11(2)17-13/h8,12,14H,3-7,9-10H2,1-2H3. The summed E-state index contributed by atoms with van der Waals surface area (Å²) in [4.78, 5) is 8.34. The van der Waals surface area contributed by atoms with Crippen molar-refractivity contribution in [3.63, 3.8) is 0 Å². The molecule has 1 aliphatic rings. The van der Waals surface area contributed by atoms with Crippen molar-refractivity contribution in [2.45, 2.75) is 45.7 Å². The summed E-state index contributed by atoms with van der Waals surface area (Å²) in [7, 11) is 0. The molecule has 0 aliphatic carbocycles. The van der Waals surface area contributed by atoms with E-state index in [0.717, 1.165) is 13.1 Å². The number of aryl methyl sites for hydroxylation is 1. The Kier molecular flexibility index (Phi) is 4.95. The summed E-state index contributed by atoms with van der Waals surface area (Å²) in [6.45, 7) is 8.96. The van der Waals surface area contributed by atoms with E-state index >= 15 is 0 Å². The molecule has 3 nitrogen and oxygen atoms in total. The average Bonchev–Trinajstić information content (AvgIpc) is 2.58. The van der Waals surface area contributed by atoms with E-state index < -0.39 is 0 Å². The second kappa shape index (κ2) is 6.47. The van der Waals surface area contributed by atoms with Gasteiger partial charge in [-0.25, -0.2) is 4.98 Å². The third-order valence-electron chi connectivity index (χ3n) is 3.23. The van der Waals surface area contributed by atoms with Crippen LogP contribution >= 0.6 is 11.3 Å². The lowest BCUT2D eigenvalue weighted by Gasteiger charge is -2.23. The highest BCUT2D eigenvalue weighted by atomic mass is 32.1. The summed E-state index contributed by atoms with van der Waals surface area (Å²) in [5.41, 5.74) is 0. The van der Waals surface area contributed by atoms with E-state index in [4.69, 9.17) is 0 Å². The van der Waals surface area contributed by atoms with Gasteiger partial charge in [-0.1, -0.05) is 13.3 Å². The van der Waals surface area contributed by atoms with E-state index in [1.165, 1.54) is 42.2 Å². The minimum Gasteiger partial charge on any atom is -0.313 e. The van der Waals surface area contributed by atoms with E-state index in [2.05, 4.69) is 29.0 Å². The molecule has 2 heterocycles. The first-order chi connectivity index (χ1) is 8.28. The predicted molar refractivity (Wildman–Crippen MR) is 73.4 cm³/mol. The minimum absolute atomic E-state index is 0.670. The van der Waals surface area contributed by atoms with Gasteiger partial charge in [0, 0.05) is 23.7 Å². The molecular weight excluding hydrogens is 230 g/mol. The SMILES string of the molecule is CCCC1CN(Cc2ncc(C)s2)CCCN1. The van der Waals surface area contributed by atoms with Gasteiger partial charge in [-0.15, -0.1) is 11.3 Å². The second-order valence-electron chi connectivity index (χ2n) is 4.89. The highest BCUT2D eigenvalue weighted by molar-refractivity contribution is 7.11. The van der Waals surface area contributed by atoms with E-state index in [-0.39, 0.29) is 0 Å². The highest BCUT2D eigenvalue weighted by Gasteiger charge is 2.17. The van der Waals surface area contributed by atoms with Crippen LogP contribution in [0.25, 0.3) is 0 Å². The van der Waals surface area contributed by atoms with Gasteiger partial charge in [0.2, 0.25) is 0 Å². The van der Waals surface area contributed by atoms with Crippen LogP contribution in [0, 0.1) is 6.92 Å². The lowest BCUT2D eigenvalue weighted by atomic mass is 10.1. The molecule has 0 aromatic carbocycles. The lowest BCUT2D eigenvalue weighted by molar-refractivity contribution is 0.254. The number of nitrogens with zero attached hydrogens (tertiary/aromatic N) is 2. The summed E-state index contributed by atoms with van der Waals surface area (Å²) in [5.74, 6) is 0. The predicted octanol–water partition coefficient (Wildman–Crippen LogP) is 2.42. The van der Waals surface area contributed by atoms with Crippen molar-refractivity contribution in [3.05, 3.63) is 16.1 Å². The van der Waals surface area contributed by atoms with Crippen molar-refractivity contribution in [1.82, 2.24) is 15.2 Å². The van der Waals surface area contributed by atoms with Crippen molar-refractivity contribution in [1.29, 1.82) is 0 Å². The zero-order valence-corrected chi connectivity index (χ0v) is 11.7. The van der Waals surface area contributed by atoms with Gasteiger partial charge in [-0.3, -0.25) is 4.90 Å². The number of nitrogens with one attached hydrogen (secondary N) is 1. The molecule has 1 N–H and O–H groups in total. The Bertz CT molecular complexity index is 337. The Morgan fingerprint density at radius 2 is 2.47 bits per heavy atom. The van der Waals surface area contributed by atoms with Gasteiger partial charge in [-0.2, -0.15) is 0 Å². The van der Waals surface area contributed by atoms with Crippen molar-refractivity contribution < 1.29 is 0 Å². The number of rotatable bonds is 4. The Balaban J connectivity index is 1.90. The molecule has 0 saturated carbocycles. The molecule has 4 heteroatoms. The molecule has 0 amide bonds. The molecule has 1 aliphatic heterocycles. The zero-order chi connectivity index (χ0) is 12.1. The quantitative estimate of drug-likeness (QED) is 0.893. The van der Waals surface area contributed by atoms with Gasteiger partial charge in [-0.05, 0) is 32.9 Å². The van der Waals surface area contributed by atoms with E-state index in [9.17, 15) is 0 Å². The average molecular weight is 253 g/mol. The third kappa shape index (κ3) is 4.05. The van der Waals surface area contributed by atoms with Crippen LogP contribution in [0.2, 0.25) is 0 Å². The summed E-state index contributed by atoms with van der Waals surface area (Å²) in [5, 5.41) is 4.91. The van der Waals surface area contributed by atoms with Gasteiger partial charge in [0.05, 0.1) is 6.54 Å². The van der Waals surface area contributed by atoms with Gasteiger partial charge in [0.15, 0.2) is 0 Å². The smallest absolute Gasteiger partial charge is 0.107 e. The van der Waals surface area contributed by atoms with Crippen LogP contribution in [0.15, 0.2) is 6.20 Å². The molecule has 1 unspecified atom stereocenters. The maximum Gasteiger partial charge on any atom is 0.107 e. The molecule has 0 spiro atoms. The first-order valence-corrected chi connectivity index (χ1v) is 7.46. The Morgan fingerprint density at radius 1 is 1.59 bits per heavy atom. The topological polar surface area (TPSA) is 28.2 Å². The van der Waals surface area contributed by atoms with Crippen LogP contribution in [0.1, 0.15) is 36.1 Å². The molecule has 2 rings (SSSR count). The van der Waals surface area contributed by atoms with Crippen LogP contribution in [-0.4, -0.2) is 35.6 Å².